The second-order valence-electron chi connectivity index (χ2n) is 13.4. The molecule has 292 valence electrons. The Labute approximate surface area is 323 Å². The largest absolute Gasteiger partial charge is 0.444 e. The molecule has 17 heteroatoms. The normalized spacial score (nSPS) is 20.4. The third kappa shape index (κ3) is 33.1. The number of amides is 2. The van der Waals surface area contributed by atoms with Gasteiger partial charge in [-0.2, -0.15) is 40.5 Å². The molecule has 0 spiro atoms. The molecular weight excluding hydrogens is 800 g/mol. The monoisotopic (exact) mass is 868 g/mol. The number of alkyl halides is 4. The van der Waals surface area contributed by atoms with Crippen LogP contribution in [0.4, 0.5) is 22.8 Å². The van der Waals surface area contributed by atoms with E-state index < -0.39 is 11.2 Å². The van der Waals surface area contributed by atoms with Gasteiger partial charge < -0.3 is 41.0 Å². The van der Waals surface area contributed by atoms with E-state index in [1.54, 1.807) is 0 Å². The molecule has 3 aliphatic rings. The molecule has 0 bridgehead atoms. The Kier molecular flexibility index (Phi) is 36.1. The van der Waals surface area contributed by atoms with Crippen LogP contribution in [0.1, 0.15) is 80.1 Å². The predicted octanol–water partition coefficient (Wildman–Crippen LogP) is 5.32. The Balaban J connectivity index is -0.000000281. The van der Waals surface area contributed by atoms with Crippen molar-refractivity contribution in [1.29, 1.82) is 0 Å². The van der Waals surface area contributed by atoms with Crippen LogP contribution < -0.4 is 21.7 Å². The van der Waals surface area contributed by atoms with E-state index in [9.17, 15) is 22.8 Å². The number of hydrogen-bond donors (Lipinski definition) is 4. The van der Waals surface area contributed by atoms with Crippen LogP contribution in [0.25, 0.3) is 0 Å². The van der Waals surface area contributed by atoms with E-state index in [1.165, 1.54) is 0 Å². The summed E-state index contributed by atoms with van der Waals surface area (Å²) >= 11 is 2.15. The molecule has 3 aliphatic heterocycles. The van der Waals surface area contributed by atoms with Gasteiger partial charge in [0.2, 0.25) is 0 Å². The van der Waals surface area contributed by atoms with Gasteiger partial charge in [-0.25, -0.2) is 9.59 Å². The maximum Gasteiger partial charge on any atom is 0.407 e. The number of rotatable bonds is 10. The first kappa shape index (κ1) is 54.7. The van der Waals surface area contributed by atoms with Crippen LogP contribution in [0.3, 0.4) is 0 Å². The highest BCUT2D eigenvalue weighted by atomic mass is 127. The average Bonchev–Trinajstić information content (AvgIpc) is 3.69. The lowest BCUT2D eigenvalue weighted by Gasteiger charge is -2.22. The molecule has 3 rings (SSSR count). The van der Waals surface area contributed by atoms with Crippen LogP contribution >= 0.6 is 63.1 Å². The Hall–Kier alpha value is -0.0500. The zero-order valence-electron chi connectivity index (χ0n) is 30.1. The van der Waals surface area contributed by atoms with E-state index in [0.29, 0.717) is 25.3 Å². The minimum absolute atomic E-state index is 0. The summed E-state index contributed by atoms with van der Waals surface area (Å²) in [4.78, 5) is 27.2. The van der Waals surface area contributed by atoms with Crippen molar-refractivity contribution in [2.45, 2.75) is 109 Å². The summed E-state index contributed by atoms with van der Waals surface area (Å²) in [7, 11) is 0. The predicted molar refractivity (Wildman–Crippen MR) is 216 cm³/mol. The summed E-state index contributed by atoms with van der Waals surface area (Å²) < 4.78 is 45.9. The highest BCUT2D eigenvalue weighted by Crippen LogP contribution is 2.12. The standard InChI is InChI=1S/C12H23FN2O2.C9H18N2O2.C7H15FN2.C3H6FI.3H2S/c1-12(2,3)17-11(16)14-10-5-8-15(9-10)7-4-6-13;1-9(2,3)13-8(12)11-7-4-5-10-6-7;8-3-1-4-10-5-2-7(9)6-10;4-2-1-3-5;;;/h10H,4-9H2,1-3H3,(H,14,16);7,10H,4-6H2,1-3H3,(H,11,12);7H,1-6,9H2;1-3H2;3*1H2/t10-;2*7-;;;;/m000..../s1. The first-order valence-corrected chi connectivity index (χ1v) is 17.8. The molecule has 0 aromatic carbocycles. The number of carbonyl (C=O) groups excluding carboxylic acids is 2. The van der Waals surface area contributed by atoms with Crippen LogP contribution in [0.5, 0.6) is 0 Å². The van der Waals surface area contributed by atoms with Gasteiger partial charge in [0.1, 0.15) is 11.2 Å². The molecule has 0 saturated carbocycles. The fourth-order valence-electron chi connectivity index (χ4n) is 4.56. The molecule has 0 radical (unpaired) electrons. The van der Waals surface area contributed by atoms with E-state index in [4.69, 9.17) is 15.2 Å². The Bertz CT molecular complexity index is 785. The summed E-state index contributed by atoms with van der Waals surface area (Å²) in [5.74, 6) is 0. The molecule has 0 aromatic heterocycles. The maximum absolute atomic E-state index is 12.0. The molecule has 3 saturated heterocycles. The Morgan fingerprint density at radius 3 is 1.58 bits per heavy atom. The SMILES string of the molecule is CC(C)(C)OC(=O)N[C@H]1CCN(CCCF)C1.CC(C)(C)OC(=O)N[C@H]1CCNC1.FCCCI.N[C@H]1CCN(CCCF)C1.S.S.S. The maximum atomic E-state index is 12.0. The van der Waals surface area contributed by atoms with Crippen LogP contribution in [0.15, 0.2) is 0 Å². The van der Waals surface area contributed by atoms with Crippen molar-refractivity contribution in [3.8, 4) is 0 Å². The molecule has 0 unspecified atom stereocenters. The number of hydrogen-bond acceptors (Lipinski definition) is 8. The molecule has 3 fully saturated rings. The summed E-state index contributed by atoms with van der Waals surface area (Å²) in [6.45, 7) is 17.7. The zero-order valence-corrected chi connectivity index (χ0v) is 35.2. The average molecular weight is 869 g/mol. The molecule has 3 atom stereocenters. The smallest absolute Gasteiger partial charge is 0.407 e. The summed E-state index contributed by atoms with van der Waals surface area (Å²) in [5.41, 5.74) is 4.79. The molecular formula is C31H68F3IN6O4S3. The van der Waals surface area contributed by atoms with Gasteiger partial charge in [-0.3, -0.25) is 13.2 Å². The molecule has 0 aliphatic carbocycles. The highest BCUT2D eigenvalue weighted by molar-refractivity contribution is 14.1. The summed E-state index contributed by atoms with van der Waals surface area (Å²) in [5, 5.41) is 8.83. The number of likely N-dealkylation sites (tertiary alicyclic amines) is 2. The fraction of sp³-hybridized carbons (Fsp3) is 0.935. The summed E-state index contributed by atoms with van der Waals surface area (Å²) in [6.07, 6.45) is 4.22. The molecule has 0 aromatic rings. The van der Waals surface area contributed by atoms with Gasteiger partial charge in [-0.1, -0.05) is 22.6 Å². The Morgan fingerprint density at radius 2 is 1.23 bits per heavy atom. The molecule has 3 heterocycles. The lowest BCUT2D eigenvalue weighted by molar-refractivity contribution is 0.0495. The lowest BCUT2D eigenvalue weighted by atomic mass is 10.2. The van der Waals surface area contributed by atoms with Gasteiger partial charge in [-0.05, 0) is 93.2 Å². The number of halogens is 4. The van der Waals surface area contributed by atoms with Crippen LogP contribution in [0, 0.1) is 0 Å². The quantitative estimate of drug-likeness (QED) is 0.172. The first-order chi connectivity index (χ1) is 21.1. The Morgan fingerprint density at radius 1 is 0.771 bits per heavy atom. The van der Waals surface area contributed by atoms with Gasteiger partial charge in [0.25, 0.3) is 0 Å². The fourth-order valence-corrected chi connectivity index (χ4v) is 4.85. The van der Waals surface area contributed by atoms with Crippen molar-refractivity contribution in [2.24, 2.45) is 5.73 Å². The zero-order chi connectivity index (χ0) is 34.3. The van der Waals surface area contributed by atoms with Crippen LogP contribution in [-0.4, -0.2) is 128 Å². The number of carbonyl (C=O) groups is 2. The van der Waals surface area contributed by atoms with Crippen molar-refractivity contribution in [1.82, 2.24) is 25.8 Å². The summed E-state index contributed by atoms with van der Waals surface area (Å²) in [6, 6.07) is 0.693. The van der Waals surface area contributed by atoms with Gasteiger partial charge in [-0.15, -0.1) is 0 Å². The van der Waals surface area contributed by atoms with Crippen LogP contribution in [-0.2, 0) is 9.47 Å². The second-order valence-corrected chi connectivity index (χ2v) is 14.5. The van der Waals surface area contributed by atoms with Gasteiger partial charge in [0.15, 0.2) is 0 Å². The van der Waals surface area contributed by atoms with Crippen molar-refractivity contribution in [3.63, 3.8) is 0 Å². The van der Waals surface area contributed by atoms with E-state index in [2.05, 4.69) is 48.3 Å². The molecule has 2 amide bonds. The minimum atomic E-state index is -0.462. The second kappa shape index (κ2) is 31.7. The lowest BCUT2D eigenvalue weighted by Crippen LogP contribution is -2.40. The topological polar surface area (TPSA) is 121 Å². The third-order valence-electron chi connectivity index (χ3n) is 6.57. The molecule has 10 nitrogen and oxygen atoms in total. The number of nitrogens with two attached hydrogens (primary N) is 1. The number of ether oxygens (including phenoxy) is 2. The van der Waals surface area contributed by atoms with Crippen molar-refractivity contribution in [3.05, 3.63) is 0 Å². The van der Waals surface area contributed by atoms with E-state index >= 15 is 0 Å². The minimum Gasteiger partial charge on any atom is -0.444 e. The number of nitrogens with zero attached hydrogens (tertiary/aromatic N) is 2. The van der Waals surface area contributed by atoms with Crippen molar-refractivity contribution >= 4 is 75.3 Å². The number of nitrogens with one attached hydrogen (secondary N) is 3. The number of alkyl carbamates (subject to hydrolysis) is 2. The van der Waals surface area contributed by atoms with Crippen molar-refractivity contribution < 1.29 is 32.2 Å². The van der Waals surface area contributed by atoms with E-state index in [1.807, 2.05) is 41.5 Å². The molecule has 5 N–H and O–H groups in total. The van der Waals surface area contributed by atoms with Gasteiger partial charge in [0.05, 0.1) is 20.0 Å². The third-order valence-corrected chi connectivity index (χ3v) is 7.33. The molecule has 48 heavy (non-hydrogen) atoms. The first-order valence-electron chi connectivity index (χ1n) is 16.3. The highest BCUT2D eigenvalue weighted by Gasteiger charge is 2.26. The van der Waals surface area contributed by atoms with E-state index in [0.717, 1.165) is 76.0 Å². The van der Waals surface area contributed by atoms with E-state index in [-0.39, 0.29) is 84.8 Å². The van der Waals surface area contributed by atoms with Gasteiger partial charge in [0, 0.05) is 61.8 Å². The van der Waals surface area contributed by atoms with Gasteiger partial charge >= 0.3 is 12.2 Å². The van der Waals surface area contributed by atoms with Crippen molar-refractivity contribution in [2.75, 3.05) is 76.8 Å². The van der Waals surface area contributed by atoms with Crippen LogP contribution in [0.2, 0.25) is 0 Å².